The largest absolute Gasteiger partial charge is 0.493 e. The minimum Gasteiger partial charge on any atom is -0.493 e. The molecule has 2 heterocycles. The predicted molar refractivity (Wildman–Crippen MR) is 99.3 cm³/mol. The molecule has 0 saturated heterocycles. The molecule has 0 unspecified atom stereocenters. The first-order valence-electron chi connectivity index (χ1n) is 8.54. The van der Waals surface area contributed by atoms with Gasteiger partial charge in [0, 0.05) is 17.7 Å². The number of benzene rings is 2. The second-order valence-electron chi connectivity index (χ2n) is 6.18. The molecule has 5 heteroatoms. The fraction of sp³-hybridized carbons (Fsp3) is 0.143. The van der Waals surface area contributed by atoms with E-state index in [0.29, 0.717) is 18.7 Å². The lowest BCUT2D eigenvalue weighted by molar-refractivity contribution is 0.0923. The van der Waals surface area contributed by atoms with Crippen LogP contribution in [0.2, 0.25) is 0 Å². The molecule has 1 aromatic heterocycles. The van der Waals surface area contributed by atoms with E-state index in [4.69, 9.17) is 4.74 Å². The highest BCUT2D eigenvalue weighted by molar-refractivity contribution is 5.94. The second-order valence-corrected chi connectivity index (χ2v) is 6.18. The molecule has 26 heavy (non-hydrogen) atoms. The first kappa shape index (κ1) is 16.1. The number of fused-ring (bicyclic) bond motifs is 1. The number of carbonyl (C=O) groups is 1. The SMILES string of the molecule is O=C(N[C@@H]1CCOc2ccccc21)c1ccc(-c2ccccc2)[nH]c1=O. The zero-order valence-corrected chi connectivity index (χ0v) is 14.1. The minimum absolute atomic E-state index is 0.105. The third kappa shape index (κ3) is 3.11. The molecule has 1 aliphatic heterocycles. The number of nitrogens with one attached hydrogen (secondary N) is 2. The monoisotopic (exact) mass is 346 g/mol. The molecule has 130 valence electrons. The first-order valence-corrected chi connectivity index (χ1v) is 8.54. The van der Waals surface area contributed by atoms with Crippen molar-refractivity contribution in [3.63, 3.8) is 0 Å². The standard InChI is InChI=1S/C21H18N2O3/c24-20-16(10-11-17(22-20)14-6-2-1-3-7-14)21(25)23-18-12-13-26-19-9-5-4-8-15(18)19/h1-11,18H,12-13H2,(H,22,24)(H,23,25)/t18-/m1/s1. The van der Waals surface area contributed by atoms with Crippen LogP contribution in [0.25, 0.3) is 11.3 Å². The van der Waals surface area contributed by atoms with Crippen LogP contribution < -0.4 is 15.6 Å². The highest BCUT2D eigenvalue weighted by atomic mass is 16.5. The number of H-pyrrole nitrogens is 1. The summed E-state index contributed by atoms with van der Waals surface area (Å²) in [5, 5.41) is 2.95. The van der Waals surface area contributed by atoms with Gasteiger partial charge in [0.15, 0.2) is 0 Å². The van der Waals surface area contributed by atoms with E-state index >= 15 is 0 Å². The second kappa shape index (κ2) is 6.88. The Bertz CT molecular complexity index is 995. The van der Waals surface area contributed by atoms with Crippen molar-refractivity contribution in [1.29, 1.82) is 0 Å². The number of pyridine rings is 1. The zero-order chi connectivity index (χ0) is 17.9. The topological polar surface area (TPSA) is 71.2 Å². The van der Waals surface area contributed by atoms with Crippen molar-refractivity contribution in [2.45, 2.75) is 12.5 Å². The van der Waals surface area contributed by atoms with Gasteiger partial charge in [-0.3, -0.25) is 9.59 Å². The molecule has 0 fully saturated rings. The lowest BCUT2D eigenvalue weighted by Gasteiger charge is -2.26. The molecule has 0 spiro atoms. The fourth-order valence-electron chi connectivity index (χ4n) is 3.17. The predicted octanol–water partition coefficient (Wildman–Crippen LogP) is 3.30. The smallest absolute Gasteiger partial charge is 0.261 e. The zero-order valence-electron chi connectivity index (χ0n) is 14.1. The number of rotatable bonds is 3. The van der Waals surface area contributed by atoms with Crippen LogP contribution in [0, 0.1) is 0 Å². The summed E-state index contributed by atoms with van der Waals surface area (Å²) in [6.45, 7) is 0.533. The molecule has 5 nitrogen and oxygen atoms in total. The van der Waals surface area contributed by atoms with Gasteiger partial charge in [0.1, 0.15) is 11.3 Å². The van der Waals surface area contributed by atoms with E-state index in [9.17, 15) is 9.59 Å². The Labute approximate surface area is 150 Å². The molecule has 0 saturated carbocycles. The Morgan fingerprint density at radius 2 is 1.77 bits per heavy atom. The van der Waals surface area contributed by atoms with E-state index in [2.05, 4.69) is 10.3 Å². The minimum atomic E-state index is -0.399. The van der Waals surface area contributed by atoms with Crippen molar-refractivity contribution < 1.29 is 9.53 Å². The van der Waals surface area contributed by atoms with Crippen LogP contribution in [0.15, 0.2) is 71.5 Å². The van der Waals surface area contributed by atoms with Crippen LogP contribution in [0.3, 0.4) is 0 Å². The molecule has 1 amide bonds. The Balaban J connectivity index is 1.57. The number of ether oxygens (including phenoxy) is 1. The average molecular weight is 346 g/mol. The van der Waals surface area contributed by atoms with Gasteiger partial charge in [0.05, 0.1) is 12.6 Å². The Morgan fingerprint density at radius 1 is 1.00 bits per heavy atom. The third-order valence-corrected chi connectivity index (χ3v) is 4.50. The van der Waals surface area contributed by atoms with Crippen molar-refractivity contribution in [2.75, 3.05) is 6.61 Å². The number of amides is 1. The Hall–Kier alpha value is -3.34. The van der Waals surface area contributed by atoms with Crippen molar-refractivity contribution in [3.8, 4) is 17.0 Å². The van der Waals surface area contributed by atoms with Crippen LogP contribution >= 0.6 is 0 Å². The van der Waals surface area contributed by atoms with E-state index < -0.39 is 5.56 Å². The van der Waals surface area contributed by atoms with Gasteiger partial charge < -0.3 is 15.0 Å². The maximum absolute atomic E-state index is 12.6. The molecule has 2 aromatic carbocycles. The maximum Gasteiger partial charge on any atom is 0.261 e. The van der Waals surface area contributed by atoms with Gasteiger partial charge >= 0.3 is 0 Å². The van der Waals surface area contributed by atoms with Crippen LogP contribution in [0.1, 0.15) is 28.4 Å². The van der Waals surface area contributed by atoms with E-state index in [-0.39, 0.29) is 17.5 Å². The Kier molecular flexibility index (Phi) is 4.27. The molecule has 0 bridgehead atoms. The number of hydrogen-bond acceptors (Lipinski definition) is 3. The summed E-state index contributed by atoms with van der Waals surface area (Å²) >= 11 is 0. The maximum atomic E-state index is 12.6. The van der Waals surface area contributed by atoms with Crippen molar-refractivity contribution in [3.05, 3.63) is 88.2 Å². The van der Waals surface area contributed by atoms with Crippen LogP contribution in [-0.2, 0) is 0 Å². The van der Waals surface area contributed by atoms with E-state index in [1.807, 2.05) is 54.6 Å². The molecular weight excluding hydrogens is 328 g/mol. The van der Waals surface area contributed by atoms with Gasteiger partial charge in [-0.15, -0.1) is 0 Å². The third-order valence-electron chi connectivity index (χ3n) is 4.50. The van der Waals surface area contributed by atoms with Gasteiger partial charge in [-0.1, -0.05) is 48.5 Å². The molecule has 1 aliphatic rings. The number of para-hydroxylation sites is 1. The first-order chi connectivity index (χ1) is 12.7. The van der Waals surface area contributed by atoms with Crippen molar-refractivity contribution in [1.82, 2.24) is 10.3 Å². The Morgan fingerprint density at radius 3 is 2.58 bits per heavy atom. The van der Waals surface area contributed by atoms with Crippen molar-refractivity contribution >= 4 is 5.91 Å². The van der Waals surface area contributed by atoms with Gasteiger partial charge in [-0.25, -0.2) is 0 Å². The van der Waals surface area contributed by atoms with E-state index in [1.54, 1.807) is 12.1 Å². The molecule has 0 aliphatic carbocycles. The number of aromatic nitrogens is 1. The lowest BCUT2D eigenvalue weighted by Crippen LogP contribution is -2.35. The van der Waals surface area contributed by atoms with Gasteiger partial charge in [-0.2, -0.15) is 0 Å². The van der Waals surface area contributed by atoms with Gasteiger partial charge in [0.2, 0.25) is 0 Å². The van der Waals surface area contributed by atoms with E-state index in [0.717, 1.165) is 16.9 Å². The molecule has 2 N–H and O–H groups in total. The summed E-state index contributed by atoms with van der Waals surface area (Å²) in [5.74, 6) is 0.393. The van der Waals surface area contributed by atoms with Crippen LogP contribution in [-0.4, -0.2) is 17.5 Å². The van der Waals surface area contributed by atoms with Crippen LogP contribution in [0.5, 0.6) is 5.75 Å². The number of aromatic amines is 1. The number of carbonyl (C=O) groups excluding carboxylic acids is 1. The molecule has 3 aromatic rings. The molecular formula is C21H18N2O3. The van der Waals surface area contributed by atoms with Gasteiger partial charge in [-0.05, 0) is 23.8 Å². The normalized spacial score (nSPS) is 15.6. The summed E-state index contributed by atoms with van der Waals surface area (Å²) in [6, 6.07) is 20.3. The highest BCUT2D eigenvalue weighted by Crippen LogP contribution is 2.31. The summed E-state index contributed by atoms with van der Waals surface area (Å²) < 4.78 is 5.61. The quantitative estimate of drug-likeness (QED) is 0.764. The van der Waals surface area contributed by atoms with Gasteiger partial charge in [0.25, 0.3) is 11.5 Å². The van der Waals surface area contributed by atoms with Crippen molar-refractivity contribution in [2.24, 2.45) is 0 Å². The fourth-order valence-corrected chi connectivity index (χ4v) is 3.17. The number of hydrogen-bond donors (Lipinski definition) is 2. The lowest BCUT2D eigenvalue weighted by atomic mass is 10.00. The summed E-state index contributed by atoms with van der Waals surface area (Å²) in [5.41, 5.74) is 2.22. The molecule has 1 atom stereocenters. The van der Waals surface area contributed by atoms with E-state index in [1.165, 1.54) is 0 Å². The average Bonchev–Trinajstić information content (AvgIpc) is 2.69. The highest BCUT2D eigenvalue weighted by Gasteiger charge is 2.24. The molecule has 4 rings (SSSR count). The summed E-state index contributed by atoms with van der Waals surface area (Å²) in [7, 11) is 0. The molecule has 0 radical (unpaired) electrons. The van der Waals surface area contributed by atoms with Crippen LogP contribution in [0.4, 0.5) is 0 Å². The summed E-state index contributed by atoms with van der Waals surface area (Å²) in [6.07, 6.45) is 0.669. The summed E-state index contributed by atoms with van der Waals surface area (Å²) in [4.78, 5) is 27.8.